The molecule has 0 bridgehead atoms. The van der Waals surface area contributed by atoms with Gasteiger partial charge in [0.1, 0.15) is 0 Å². The van der Waals surface area contributed by atoms with Gasteiger partial charge in [-0.1, -0.05) is 27.7 Å². The lowest BCUT2D eigenvalue weighted by Gasteiger charge is -2.44. The molecule has 1 N–H and O–H groups in total. The molecule has 86 valence electrons. The SMILES string of the molecule is CC1(O)CN(C(=O)C2C(C)(C)C2(C)C)C1. The van der Waals surface area contributed by atoms with Gasteiger partial charge in [-0.25, -0.2) is 0 Å². The third-order valence-electron chi connectivity index (χ3n) is 4.64. The van der Waals surface area contributed by atoms with Gasteiger partial charge in [0.2, 0.25) is 5.91 Å². The van der Waals surface area contributed by atoms with Crippen molar-refractivity contribution in [1.29, 1.82) is 0 Å². The van der Waals surface area contributed by atoms with Crippen molar-refractivity contribution in [1.82, 2.24) is 4.90 Å². The monoisotopic (exact) mass is 211 g/mol. The van der Waals surface area contributed by atoms with Gasteiger partial charge in [0, 0.05) is 5.92 Å². The van der Waals surface area contributed by atoms with Gasteiger partial charge in [0.25, 0.3) is 0 Å². The molecule has 1 saturated carbocycles. The van der Waals surface area contributed by atoms with Crippen LogP contribution in [0.2, 0.25) is 0 Å². The molecule has 1 aliphatic heterocycles. The van der Waals surface area contributed by atoms with E-state index in [2.05, 4.69) is 27.7 Å². The van der Waals surface area contributed by atoms with Gasteiger partial charge in [-0.3, -0.25) is 4.79 Å². The van der Waals surface area contributed by atoms with Gasteiger partial charge in [0.15, 0.2) is 0 Å². The van der Waals surface area contributed by atoms with Gasteiger partial charge in [0.05, 0.1) is 18.7 Å². The first-order valence-electron chi connectivity index (χ1n) is 5.61. The van der Waals surface area contributed by atoms with Gasteiger partial charge >= 0.3 is 0 Å². The third-order valence-corrected chi connectivity index (χ3v) is 4.64. The normalized spacial score (nSPS) is 30.9. The van der Waals surface area contributed by atoms with Crippen molar-refractivity contribution in [3.63, 3.8) is 0 Å². The van der Waals surface area contributed by atoms with Crippen LogP contribution < -0.4 is 0 Å². The summed E-state index contributed by atoms with van der Waals surface area (Å²) in [5, 5.41) is 9.60. The minimum atomic E-state index is -0.654. The number of β-amino-alcohol motifs (C(OH)–C–C–N with tert-alkyl or cyclic N) is 1. The average molecular weight is 211 g/mol. The first-order chi connectivity index (χ1) is 6.59. The van der Waals surface area contributed by atoms with E-state index in [9.17, 15) is 9.90 Å². The molecule has 2 rings (SSSR count). The predicted octanol–water partition coefficient (Wildman–Crippen LogP) is 1.26. The van der Waals surface area contributed by atoms with Crippen LogP contribution in [0.3, 0.4) is 0 Å². The summed E-state index contributed by atoms with van der Waals surface area (Å²) in [6.07, 6.45) is 0. The Labute approximate surface area is 91.5 Å². The van der Waals surface area contributed by atoms with E-state index in [1.165, 1.54) is 0 Å². The number of carbonyl (C=O) groups excluding carboxylic acids is 1. The highest BCUT2D eigenvalue weighted by Crippen LogP contribution is 2.69. The van der Waals surface area contributed by atoms with Crippen LogP contribution in [0.25, 0.3) is 0 Å². The Kier molecular flexibility index (Phi) is 1.87. The molecular formula is C12H21NO2. The Morgan fingerprint density at radius 1 is 1.13 bits per heavy atom. The lowest BCUT2D eigenvalue weighted by Crippen LogP contribution is -2.62. The van der Waals surface area contributed by atoms with Crippen LogP contribution in [0, 0.1) is 16.7 Å². The van der Waals surface area contributed by atoms with Crippen LogP contribution in [0.1, 0.15) is 34.6 Å². The third kappa shape index (κ3) is 1.32. The quantitative estimate of drug-likeness (QED) is 0.709. The summed E-state index contributed by atoms with van der Waals surface area (Å²) in [7, 11) is 0. The zero-order valence-corrected chi connectivity index (χ0v) is 10.3. The van der Waals surface area contributed by atoms with Crippen molar-refractivity contribution in [2.75, 3.05) is 13.1 Å². The van der Waals surface area contributed by atoms with Crippen molar-refractivity contribution < 1.29 is 9.90 Å². The fourth-order valence-corrected chi connectivity index (χ4v) is 2.93. The number of amides is 1. The minimum absolute atomic E-state index is 0.103. The zero-order chi connectivity index (χ0) is 11.6. The number of carbonyl (C=O) groups is 1. The molecule has 15 heavy (non-hydrogen) atoms. The molecule has 3 heteroatoms. The number of aliphatic hydroxyl groups is 1. The highest BCUT2D eigenvalue weighted by atomic mass is 16.3. The van der Waals surface area contributed by atoms with E-state index < -0.39 is 5.60 Å². The van der Waals surface area contributed by atoms with Gasteiger partial charge in [-0.05, 0) is 17.8 Å². The highest BCUT2D eigenvalue weighted by molar-refractivity contribution is 5.85. The standard InChI is InChI=1S/C12H21NO2/c1-10(2)8(11(10,3)4)9(14)13-6-12(5,15)7-13/h8,15H,6-7H2,1-5H3. The first-order valence-corrected chi connectivity index (χ1v) is 5.61. The number of rotatable bonds is 1. The molecule has 3 nitrogen and oxygen atoms in total. The van der Waals surface area contributed by atoms with Gasteiger partial charge < -0.3 is 10.0 Å². The molecule has 0 aromatic rings. The largest absolute Gasteiger partial charge is 0.386 e. The van der Waals surface area contributed by atoms with Crippen LogP contribution in [-0.4, -0.2) is 34.6 Å². The second-order valence-corrected chi connectivity index (χ2v) is 6.57. The maximum atomic E-state index is 12.1. The topological polar surface area (TPSA) is 40.5 Å². The minimum Gasteiger partial charge on any atom is -0.386 e. The van der Waals surface area contributed by atoms with Crippen molar-refractivity contribution in [2.45, 2.75) is 40.2 Å². The second-order valence-electron chi connectivity index (χ2n) is 6.57. The molecule has 1 saturated heterocycles. The molecule has 0 aromatic heterocycles. The summed E-state index contributed by atoms with van der Waals surface area (Å²) in [5.74, 6) is 0.345. The van der Waals surface area contributed by atoms with Crippen molar-refractivity contribution in [2.24, 2.45) is 16.7 Å². The van der Waals surface area contributed by atoms with Crippen LogP contribution in [0.5, 0.6) is 0 Å². The van der Waals surface area contributed by atoms with E-state index in [0.717, 1.165) is 0 Å². The maximum absolute atomic E-state index is 12.1. The summed E-state index contributed by atoms with van der Waals surface area (Å²) in [6, 6.07) is 0. The Hall–Kier alpha value is -0.570. The van der Waals surface area contributed by atoms with Crippen molar-refractivity contribution in [3.8, 4) is 0 Å². The van der Waals surface area contributed by atoms with Crippen LogP contribution >= 0.6 is 0 Å². The lowest BCUT2D eigenvalue weighted by molar-refractivity contribution is -0.154. The average Bonchev–Trinajstić information content (AvgIpc) is 2.37. The summed E-state index contributed by atoms with van der Waals surface area (Å²) >= 11 is 0. The smallest absolute Gasteiger partial charge is 0.227 e. The molecular weight excluding hydrogens is 190 g/mol. The van der Waals surface area contributed by atoms with Crippen LogP contribution in [0.4, 0.5) is 0 Å². The summed E-state index contributed by atoms with van der Waals surface area (Å²) < 4.78 is 0. The van der Waals surface area contributed by atoms with E-state index in [0.29, 0.717) is 13.1 Å². The lowest BCUT2D eigenvalue weighted by atomic mass is 9.95. The molecule has 0 radical (unpaired) electrons. The van der Waals surface area contributed by atoms with Crippen molar-refractivity contribution in [3.05, 3.63) is 0 Å². The summed E-state index contributed by atoms with van der Waals surface area (Å²) in [6.45, 7) is 11.4. The Morgan fingerprint density at radius 2 is 1.53 bits per heavy atom. The Balaban J connectivity index is 2.01. The molecule has 0 aromatic carbocycles. The second kappa shape index (κ2) is 2.57. The van der Waals surface area contributed by atoms with E-state index in [1.807, 2.05) is 0 Å². The first kappa shape index (κ1) is 10.9. The molecule has 0 atom stereocenters. The fraction of sp³-hybridized carbons (Fsp3) is 0.917. The molecule has 0 spiro atoms. The highest BCUT2D eigenvalue weighted by Gasteiger charge is 2.69. The predicted molar refractivity (Wildman–Crippen MR) is 58.3 cm³/mol. The van der Waals surface area contributed by atoms with E-state index in [1.54, 1.807) is 11.8 Å². The van der Waals surface area contributed by atoms with Gasteiger partial charge in [-0.2, -0.15) is 0 Å². The van der Waals surface area contributed by atoms with Gasteiger partial charge in [-0.15, -0.1) is 0 Å². The molecule has 1 heterocycles. The maximum Gasteiger partial charge on any atom is 0.227 e. The van der Waals surface area contributed by atoms with E-state index >= 15 is 0 Å². The van der Waals surface area contributed by atoms with Crippen LogP contribution in [-0.2, 0) is 4.79 Å². The van der Waals surface area contributed by atoms with Crippen LogP contribution in [0.15, 0.2) is 0 Å². The fourth-order valence-electron chi connectivity index (χ4n) is 2.93. The number of likely N-dealkylation sites (tertiary alicyclic amines) is 1. The molecule has 2 fully saturated rings. The summed E-state index contributed by atoms with van der Waals surface area (Å²) in [5.41, 5.74) is -0.449. The molecule has 0 unspecified atom stereocenters. The number of hydrogen-bond donors (Lipinski definition) is 1. The van der Waals surface area contributed by atoms with E-state index in [4.69, 9.17) is 0 Å². The van der Waals surface area contributed by atoms with E-state index in [-0.39, 0.29) is 22.7 Å². The molecule has 1 aliphatic carbocycles. The number of hydrogen-bond acceptors (Lipinski definition) is 2. The Morgan fingerprint density at radius 3 is 1.80 bits per heavy atom. The molecule has 2 aliphatic rings. The Bertz CT molecular complexity index is 296. The van der Waals surface area contributed by atoms with Crippen molar-refractivity contribution >= 4 is 5.91 Å². The number of nitrogens with zero attached hydrogens (tertiary/aromatic N) is 1. The molecule has 1 amide bonds. The summed E-state index contributed by atoms with van der Waals surface area (Å²) in [4.78, 5) is 13.9. The zero-order valence-electron chi connectivity index (χ0n) is 10.3.